The van der Waals surface area contributed by atoms with Gasteiger partial charge in [0, 0.05) is 12.1 Å². The summed E-state index contributed by atoms with van der Waals surface area (Å²) < 4.78 is 0. The van der Waals surface area contributed by atoms with Crippen LogP contribution >= 0.6 is 0 Å². The summed E-state index contributed by atoms with van der Waals surface area (Å²) in [5.41, 5.74) is -0.469. The number of nitrogens with one attached hydrogen (secondary N) is 1. The molecule has 3 rings (SSSR count). The highest BCUT2D eigenvalue weighted by Gasteiger charge is 2.49. The number of nitrogens with zero attached hydrogens (tertiary/aromatic N) is 3. The van der Waals surface area contributed by atoms with Gasteiger partial charge in [-0.25, -0.2) is 4.99 Å². The lowest BCUT2D eigenvalue weighted by molar-refractivity contribution is -0.124. The molecule has 1 aliphatic carbocycles. The van der Waals surface area contributed by atoms with Gasteiger partial charge in [-0.2, -0.15) is 5.26 Å². The molecule has 114 valence electrons. The average Bonchev–Trinajstić information content (AvgIpc) is 2.87. The molecular formula is C16H24N4O. The summed E-state index contributed by atoms with van der Waals surface area (Å²) in [6, 6.07) is 2.98. The van der Waals surface area contributed by atoms with Gasteiger partial charge in [0.05, 0.1) is 11.6 Å². The number of amides is 1. The first-order chi connectivity index (χ1) is 10.1. The van der Waals surface area contributed by atoms with Crippen LogP contribution in [0.15, 0.2) is 4.99 Å². The number of aliphatic imine (C=N–C) groups is 1. The molecule has 2 aliphatic heterocycles. The summed E-state index contributed by atoms with van der Waals surface area (Å²) in [6.45, 7) is 4.39. The first-order valence-corrected chi connectivity index (χ1v) is 8.16. The molecule has 0 unspecified atom stereocenters. The van der Waals surface area contributed by atoms with Crippen LogP contribution < -0.4 is 5.32 Å². The van der Waals surface area contributed by atoms with E-state index in [1.165, 1.54) is 6.42 Å². The molecule has 2 heterocycles. The van der Waals surface area contributed by atoms with Crippen molar-refractivity contribution in [1.29, 1.82) is 5.26 Å². The fraction of sp³-hybridized carbons (Fsp3) is 0.812. The number of likely N-dealkylation sites (tertiary alicyclic amines) is 1. The van der Waals surface area contributed by atoms with Crippen molar-refractivity contribution in [3.8, 4) is 6.07 Å². The molecule has 0 aromatic rings. The average molecular weight is 288 g/mol. The predicted molar refractivity (Wildman–Crippen MR) is 80.5 cm³/mol. The van der Waals surface area contributed by atoms with Crippen LogP contribution in [0.4, 0.5) is 0 Å². The van der Waals surface area contributed by atoms with Crippen molar-refractivity contribution < 1.29 is 4.79 Å². The molecule has 1 saturated heterocycles. The van der Waals surface area contributed by atoms with Gasteiger partial charge in [0.25, 0.3) is 0 Å². The number of carbonyl (C=O) groups excluding carboxylic acids is 1. The van der Waals surface area contributed by atoms with Crippen LogP contribution in [-0.4, -0.2) is 34.4 Å². The number of carbonyl (C=O) groups is 1. The lowest BCUT2D eigenvalue weighted by Gasteiger charge is -2.44. The summed E-state index contributed by atoms with van der Waals surface area (Å²) in [5.74, 6) is -0.0679. The van der Waals surface area contributed by atoms with E-state index in [1.54, 1.807) is 0 Å². The Morgan fingerprint density at radius 2 is 1.86 bits per heavy atom. The Hall–Kier alpha value is -1.57. The number of hydrogen-bond donors (Lipinski definition) is 1. The summed E-state index contributed by atoms with van der Waals surface area (Å²) in [4.78, 5) is 19.6. The van der Waals surface area contributed by atoms with E-state index in [0.717, 1.165) is 38.5 Å². The van der Waals surface area contributed by atoms with E-state index in [1.807, 2.05) is 0 Å². The highest BCUT2D eigenvalue weighted by atomic mass is 16.2. The third-order valence-corrected chi connectivity index (χ3v) is 5.40. The van der Waals surface area contributed by atoms with Gasteiger partial charge in [0.1, 0.15) is 0 Å². The maximum absolute atomic E-state index is 12.4. The van der Waals surface area contributed by atoms with E-state index in [-0.39, 0.29) is 5.91 Å². The third-order valence-electron chi connectivity index (χ3n) is 5.40. The minimum atomic E-state index is -0.626. The van der Waals surface area contributed by atoms with E-state index < -0.39 is 11.5 Å². The minimum Gasteiger partial charge on any atom is -0.337 e. The lowest BCUT2D eigenvalue weighted by atomic mass is 9.82. The number of rotatable bonds is 0. The van der Waals surface area contributed by atoms with Crippen molar-refractivity contribution in [3.63, 3.8) is 0 Å². The molecule has 0 aromatic carbocycles. The first kappa shape index (κ1) is 14.4. The van der Waals surface area contributed by atoms with E-state index in [0.29, 0.717) is 18.0 Å². The molecule has 0 bridgehead atoms. The Kier molecular flexibility index (Phi) is 3.64. The molecule has 3 aliphatic rings. The van der Waals surface area contributed by atoms with Crippen LogP contribution in [0.5, 0.6) is 0 Å². The Morgan fingerprint density at radius 1 is 1.24 bits per heavy atom. The van der Waals surface area contributed by atoms with Gasteiger partial charge in [-0.3, -0.25) is 10.1 Å². The smallest absolute Gasteiger partial charge is 0.246 e. The molecule has 1 saturated carbocycles. The quantitative estimate of drug-likeness (QED) is 0.743. The second kappa shape index (κ2) is 5.32. The molecule has 21 heavy (non-hydrogen) atoms. The number of hydrogen-bond acceptors (Lipinski definition) is 4. The molecule has 1 amide bonds. The molecule has 1 spiro atoms. The Balaban J connectivity index is 1.97. The van der Waals surface area contributed by atoms with Crippen molar-refractivity contribution in [2.24, 2.45) is 10.9 Å². The van der Waals surface area contributed by atoms with Gasteiger partial charge in [-0.1, -0.05) is 12.8 Å². The maximum Gasteiger partial charge on any atom is 0.246 e. The zero-order chi connectivity index (χ0) is 15.0. The van der Waals surface area contributed by atoms with E-state index in [9.17, 15) is 10.1 Å². The van der Waals surface area contributed by atoms with Gasteiger partial charge in [-0.15, -0.1) is 0 Å². The van der Waals surface area contributed by atoms with Crippen LogP contribution in [0.25, 0.3) is 0 Å². The Morgan fingerprint density at radius 3 is 2.43 bits per heavy atom. The second-order valence-electron chi connectivity index (χ2n) is 6.83. The molecular weight excluding hydrogens is 264 g/mol. The molecule has 5 heteroatoms. The Bertz CT molecular complexity index is 491. The van der Waals surface area contributed by atoms with E-state index in [4.69, 9.17) is 4.99 Å². The fourth-order valence-corrected chi connectivity index (χ4v) is 4.26. The summed E-state index contributed by atoms with van der Waals surface area (Å²) in [6.07, 6.45) is 7.34. The van der Waals surface area contributed by atoms with E-state index >= 15 is 0 Å². The lowest BCUT2D eigenvalue weighted by Crippen LogP contribution is -2.60. The standard InChI is InChI=1S/C16H24N4O/c1-11-6-5-7-12(2)20(11)15-18-14(21)13(10-17)16(19-15)8-3-4-9-16/h11-13H,3-9H2,1-2H3,(H,18,19,21)/t11-,12+,13-/m0/s1. The van der Waals surface area contributed by atoms with Crippen LogP contribution in [0.3, 0.4) is 0 Å². The highest BCUT2D eigenvalue weighted by Crippen LogP contribution is 2.41. The van der Waals surface area contributed by atoms with Crippen molar-refractivity contribution in [1.82, 2.24) is 10.2 Å². The summed E-state index contributed by atoms with van der Waals surface area (Å²) in [7, 11) is 0. The van der Waals surface area contributed by atoms with Crippen LogP contribution in [0, 0.1) is 17.2 Å². The molecule has 2 fully saturated rings. The van der Waals surface area contributed by atoms with Crippen molar-refractivity contribution in [2.75, 3.05) is 0 Å². The topological polar surface area (TPSA) is 68.5 Å². The fourth-order valence-electron chi connectivity index (χ4n) is 4.26. The van der Waals surface area contributed by atoms with Gasteiger partial charge in [0.15, 0.2) is 5.92 Å². The Labute approximate surface area is 126 Å². The van der Waals surface area contributed by atoms with Gasteiger partial charge >= 0.3 is 0 Å². The molecule has 1 N–H and O–H groups in total. The summed E-state index contributed by atoms with van der Waals surface area (Å²) >= 11 is 0. The third kappa shape index (κ3) is 2.31. The predicted octanol–water partition coefficient (Wildman–Crippen LogP) is 2.19. The first-order valence-electron chi connectivity index (χ1n) is 8.16. The maximum atomic E-state index is 12.4. The minimum absolute atomic E-state index is 0.158. The monoisotopic (exact) mass is 288 g/mol. The van der Waals surface area contributed by atoms with Crippen LogP contribution in [0.1, 0.15) is 58.8 Å². The number of guanidine groups is 1. The zero-order valence-corrected chi connectivity index (χ0v) is 12.9. The zero-order valence-electron chi connectivity index (χ0n) is 12.9. The van der Waals surface area contributed by atoms with Crippen LogP contribution in [-0.2, 0) is 4.79 Å². The largest absolute Gasteiger partial charge is 0.337 e. The van der Waals surface area contributed by atoms with Gasteiger partial charge in [-0.05, 0) is 46.0 Å². The molecule has 0 aromatic heterocycles. The molecule has 5 nitrogen and oxygen atoms in total. The van der Waals surface area contributed by atoms with Gasteiger partial charge in [0.2, 0.25) is 11.9 Å². The summed E-state index contributed by atoms with van der Waals surface area (Å²) in [5, 5.41) is 12.3. The van der Waals surface area contributed by atoms with Crippen LogP contribution in [0.2, 0.25) is 0 Å². The van der Waals surface area contributed by atoms with Crippen molar-refractivity contribution in [3.05, 3.63) is 0 Å². The van der Waals surface area contributed by atoms with Gasteiger partial charge < -0.3 is 4.90 Å². The molecule has 0 radical (unpaired) electrons. The number of nitriles is 1. The van der Waals surface area contributed by atoms with Crippen molar-refractivity contribution >= 4 is 11.9 Å². The van der Waals surface area contributed by atoms with Crippen molar-refractivity contribution in [2.45, 2.75) is 76.4 Å². The SMILES string of the molecule is C[C@@H]1CCC[C@H](C)N1C1=NC2(CCCC2)[C@@H](C#N)C(=O)N1. The second-order valence-corrected chi connectivity index (χ2v) is 6.83. The van der Waals surface area contributed by atoms with E-state index in [2.05, 4.69) is 30.1 Å². The molecule has 3 atom stereocenters. The normalized spacial score (nSPS) is 35.3. The highest BCUT2D eigenvalue weighted by molar-refractivity contribution is 6.02. The number of piperidine rings is 1.